The van der Waals surface area contributed by atoms with Gasteiger partial charge in [0.25, 0.3) is 5.89 Å². The number of allylic oxidation sites excluding steroid dienone is 2. The van der Waals surface area contributed by atoms with Crippen molar-refractivity contribution >= 4 is 27.4 Å². The lowest BCUT2D eigenvalue weighted by molar-refractivity contribution is 0.422. The lowest BCUT2D eigenvalue weighted by Gasteiger charge is -2.12. The van der Waals surface area contributed by atoms with Crippen LogP contribution in [-0.4, -0.2) is 20.1 Å². The van der Waals surface area contributed by atoms with E-state index in [2.05, 4.69) is 51.3 Å². The Morgan fingerprint density at radius 2 is 2.00 bits per heavy atom. The molecule has 0 spiro atoms. The Labute approximate surface area is 170 Å². The highest BCUT2D eigenvalue weighted by molar-refractivity contribution is 6.10. The van der Waals surface area contributed by atoms with Crippen LogP contribution in [0.3, 0.4) is 0 Å². The zero-order valence-corrected chi connectivity index (χ0v) is 17.1. The molecule has 0 saturated heterocycles. The van der Waals surface area contributed by atoms with Crippen molar-refractivity contribution in [1.82, 2.24) is 20.1 Å². The maximum Gasteiger partial charge on any atom is 0.276 e. The fourth-order valence-corrected chi connectivity index (χ4v) is 4.42. The van der Waals surface area contributed by atoms with Gasteiger partial charge in [-0.1, -0.05) is 37.1 Å². The smallest absolute Gasteiger partial charge is 0.276 e. The SMILES string of the molecule is CCc1noc(-c2ncc3[nH]c4ccc(C5=CCCCCCC5)cc4c3c2C)n1. The van der Waals surface area contributed by atoms with E-state index < -0.39 is 0 Å². The van der Waals surface area contributed by atoms with Crippen molar-refractivity contribution in [3.8, 4) is 11.6 Å². The monoisotopic (exact) mass is 386 g/mol. The van der Waals surface area contributed by atoms with Gasteiger partial charge in [-0.25, -0.2) is 4.98 Å². The summed E-state index contributed by atoms with van der Waals surface area (Å²) >= 11 is 0. The van der Waals surface area contributed by atoms with Crippen LogP contribution in [0.2, 0.25) is 0 Å². The molecule has 0 unspecified atom stereocenters. The summed E-state index contributed by atoms with van der Waals surface area (Å²) in [6.45, 7) is 4.11. The van der Waals surface area contributed by atoms with Crippen molar-refractivity contribution in [3.63, 3.8) is 0 Å². The summed E-state index contributed by atoms with van der Waals surface area (Å²) in [5.74, 6) is 1.20. The highest BCUT2D eigenvalue weighted by atomic mass is 16.5. The van der Waals surface area contributed by atoms with Crippen molar-refractivity contribution in [2.24, 2.45) is 0 Å². The van der Waals surface area contributed by atoms with Gasteiger partial charge in [0.1, 0.15) is 5.69 Å². The van der Waals surface area contributed by atoms with Crippen LogP contribution in [0.4, 0.5) is 0 Å². The quantitative estimate of drug-likeness (QED) is 0.444. The number of hydrogen-bond acceptors (Lipinski definition) is 4. The third-order valence-electron chi connectivity index (χ3n) is 6.03. The van der Waals surface area contributed by atoms with E-state index in [1.54, 1.807) is 0 Å². The van der Waals surface area contributed by atoms with Crippen LogP contribution >= 0.6 is 0 Å². The second kappa shape index (κ2) is 7.47. The lowest BCUT2D eigenvalue weighted by Crippen LogP contribution is -1.91. The third kappa shape index (κ3) is 3.24. The number of aryl methyl sites for hydroxylation is 2. The van der Waals surface area contributed by atoms with Gasteiger partial charge < -0.3 is 9.51 Å². The van der Waals surface area contributed by atoms with Gasteiger partial charge in [-0.3, -0.25) is 0 Å². The summed E-state index contributed by atoms with van der Waals surface area (Å²) in [6.07, 6.45) is 12.7. The average molecular weight is 386 g/mol. The third-order valence-corrected chi connectivity index (χ3v) is 6.03. The number of pyridine rings is 1. The molecule has 1 N–H and O–H groups in total. The second-order valence-electron chi connectivity index (χ2n) is 7.96. The Balaban J connectivity index is 1.66. The minimum atomic E-state index is 0.495. The Morgan fingerprint density at radius 1 is 1.10 bits per heavy atom. The summed E-state index contributed by atoms with van der Waals surface area (Å²) in [5.41, 5.74) is 6.84. The number of benzene rings is 1. The largest absolute Gasteiger partial charge is 0.353 e. The number of nitrogens with one attached hydrogen (secondary N) is 1. The number of rotatable bonds is 3. The molecule has 3 heterocycles. The standard InChI is InChI=1S/C24H26N4O/c1-3-21-27-24(29-28-21)23-15(2)22-18-13-17(16-9-7-5-4-6-8-10-16)11-12-19(18)26-20(22)14-25-23/h9,11-14,26H,3-8,10H2,1-2H3. The normalized spacial score (nSPS) is 15.4. The van der Waals surface area contributed by atoms with Crippen molar-refractivity contribution < 1.29 is 4.52 Å². The highest BCUT2D eigenvalue weighted by Gasteiger charge is 2.17. The highest BCUT2D eigenvalue weighted by Crippen LogP contribution is 2.35. The lowest BCUT2D eigenvalue weighted by atomic mass is 9.93. The molecule has 1 aromatic carbocycles. The molecule has 0 saturated carbocycles. The van der Waals surface area contributed by atoms with E-state index in [0.29, 0.717) is 11.7 Å². The maximum atomic E-state index is 5.46. The average Bonchev–Trinajstić information content (AvgIpc) is 3.32. The molecule has 0 radical (unpaired) electrons. The Morgan fingerprint density at radius 3 is 2.86 bits per heavy atom. The molecule has 4 aromatic rings. The number of fused-ring (bicyclic) bond motifs is 3. The molecule has 5 heteroatoms. The molecule has 148 valence electrons. The summed E-state index contributed by atoms with van der Waals surface area (Å²) in [5, 5.41) is 6.46. The molecule has 0 aliphatic heterocycles. The molecular weight excluding hydrogens is 360 g/mol. The minimum absolute atomic E-state index is 0.495. The van der Waals surface area contributed by atoms with Crippen LogP contribution in [0.15, 0.2) is 35.0 Å². The summed E-state index contributed by atoms with van der Waals surface area (Å²) in [4.78, 5) is 12.6. The number of aromatic nitrogens is 4. The van der Waals surface area contributed by atoms with Gasteiger partial charge in [0.15, 0.2) is 5.82 Å². The molecule has 0 amide bonds. The van der Waals surface area contributed by atoms with E-state index in [1.165, 1.54) is 60.4 Å². The number of nitrogens with zero attached hydrogens (tertiary/aromatic N) is 3. The fourth-order valence-electron chi connectivity index (χ4n) is 4.42. The molecule has 3 aromatic heterocycles. The van der Waals surface area contributed by atoms with Crippen molar-refractivity contribution in [2.75, 3.05) is 0 Å². The van der Waals surface area contributed by atoms with Crippen LogP contribution < -0.4 is 0 Å². The summed E-state index contributed by atoms with van der Waals surface area (Å²) in [6, 6.07) is 6.79. The predicted molar refractivity (Wildman–Crippen MR) is 117 cm³/mol. The van der Waals surface area contributed by atoms with Crippen LogP contribution in [0.25, 0.3) is 39.0 Å². The maximum absolute atomic E-state index is 5.46. The van der Waals surface area contributed by atoms with E-state index in [0.717, 1.165) is 28.7 Å². The van der Waals surface area contributed by atoms with E-state index in [-0.39, 0.29) is 0 Å². The van der Waals surface area contributed by atoms with Gasteiger partial charge in [0.05, 0.1) is 11.7 Å². The molecule has 29 heavy (non-hydrogen) atoms. The van der Waals surface area contributed by atoms with Crippen LogP contribution in [0, 0.1) is 6.92 Å². The van der Waals surface area contributed by atoms with Crippen LogP contribution in [-0.2, 0) is 6.42 Å². The Kier molecular flexibility index (Phi) is 4.66. The van der Waals surface area contributed by atoms with E-state index in [1.807, 2.05) is 13.1 Å². The van der Waals surface area contributed by atoms with Gasteiger partial charge in [0.2, 0.25) is 0 Å². The fraction of sp³-hybridized carbons (Fsp3) is 0.375. The summed E-state index contributed by atoms with van der Waals surface area (Å²) < 4.78 is 5.46. The molecule has 0 atom stereocenters. The molecular formula is C24H26N4O. The molecule has 0 fully saturated rings. The predicted octanol–water partition coefficient (Wildman–Crippen LogP) is 6.37. The number of hydrogen-bond donors (Lipinski definition) is 1. The van der Waals surface area contributed by atoms with Gasteiger partial charge in [-0.05, 0) is 61.4 Å². The van der Waals surface area contributed by atoms with E-state index >= 15 is 0 Å². The van der Waals surface area contributed by atoms with Gasteiger partial charge in [0, 0.05) is 22.7 Å². The van der Waals surface area contributed by atoms with Crippen LogP contribution in [0.1, 0.15) is 62.4 Å². The van der Waals surface area contributed by atoms with E-state index in [4.69, 9.17) is 4.52 Å². The minimum Gasteiger partial charge on any atom is -0.353 e. The van der Waals surface area contributed by atoms with E-state index in [9.17, 15) is 0 Å². The second-order valence-corrected chi connectivity index (χ2v) is 7.96. The Hall–Kier alpha value is -2.95. The Bertz CT molecular complexity index is 1210. The number of H-pyrrole nitrogens is 1. The zero-order valence-electron chi connectivity index (χ0n) is 17.1. The van der Waals surface area contributed by atoms with Gasteiger partial charge in [-0.15, -0.1) is 0 Å². The molecule has 1 aliphatic rings. The first-order chi connectivity index (χ1) is 14.2. The first-order valence-electron chi connectivity index (χ1n) is 10.7. The topological polar surface area (TPSA) is 67.6 Å². The molecule has 5 rings (SSSR count). The molecule has 0 bridgehead atoms. The van der Waals surface area contributed by atoms with Crippen molar-refractivity contribution in [1.29, 1.82) is 0 Å². The van der Waals surface area contributed by atoms with Gasteiger partial charge in [-0.2, -0.15) is 4.98 Å². The van der Waals surface area contributed by atoms with Gasteiger partial charge >= 0.3 is 0 Å². The van der Waals surface area contributed by atoms with Crippen molar-refractivity contribution in [3.05, 3.63) is 47.4 Å². The van der Waals surface area contributed by atoms with Crippen molar-refractivity contribution in [2.45, 2.75) is 58.8 Å². The molecule has 1 aliphatic carbocycles. The number of aromatic amines is 1. The molecule has 5 nitrogen and oxygen atoms in total. The first kappa shape index (κ1) is 18.1. The first-order valence-corrected chi connectivity index (χ1v) is 10.7. The zero-order chi connectivity index (χ0) is 19.8. The summed E-state index contributed by atoms with van der Waals surface area (Å²) in [7, 11) is 0. The van der Waals surface area contributed by atoms with Crippen LogP contribution in [0.5, 0.6) is 0 Å².